The molecule has 2 N–H and O–H groups in total. The summed E-state index contributed by atoms with van der Waals surface area (Å²) in [7, 11) is 3.13. The third kappa shape index (κ3) is 4.45. The summed E-state index contributed by atoms with van der Waals surface area (Å²) in [5.41, 5.74) is 1.44. The van der Waals surface area contributed by atoms with Crippen LogP contribution in [0.15, 0.2) is 54.9 Å². The molecule has 0 atom stereocenters. The molecule has 0 spiro atoms. The van der Waals surface area contributed by atoms with Crippen LogP contribution in [0.4, 0.5) is 17.2 Å². The quantitative estimate of drug-likeness (QED) is 0.664. The number of halogens is 1. The predicted molar refractivity (Wildman–Crippen MR) is 104 cm³/mol. The second kappa shape index (κ2) is 8.37. The first-order chi connectivity index (χ1) is 13.1. The summed E-state index contributed by atoms with van der Waals surface area (Å²) >= 11 is 6.07. The third-order valence-electron chi connectivity index (χ3n) is 3.68. The molecule has 8 heteroatoms. The van der Waals surface area contributed by atoms with E-state index in [-0.39, 0.29) is 11.6 Å². The largest absolute Gasteiger partial charge is 0.493 e. The van der Waals surface area contributed by atoms with Crippen LogP contribution in [0.2, 0.25) is 5.02 Å². The molecule has 1 aromatic heterocycles. The van der Waals surface area contributed by atoms with E-state index in [2.05, 4.69) is 20.6 Å². The number of nitrogens with zero attached hydrogens (tertiary/aromatic N) is 2. The number of hydrogen-bond donors (Lipinski definition) is 2. The van der Waals surface area contributed by atoms with Gasteiger partial charge in [-0.25, -0.2) is 9.97 Å². The first-order valence-corrected chi connectivity index (χ1v) is 8.35. The molecule has 3 aromatic rings. The lowest BCUT2D eigenvalue weighted by Gasteiger charge is -2.11. The normalized spacial score (nSPS) is 10.2. The second-order valence-electron chi connectivity index (χ2n) is 5.42. The molecule has 0 bridgehead atoms. The molecule has 0 fully saturated rings. The summed E-state index contributed by atoms with van der Waals surface area (Å²) in [6, 6.07) is 13.9. The van der Waals surface area contributed by atoms with Gasteiger partial charge in [-0.05, 0) is 24.3 Å². The fourth-order valence-corrected chi connectivity index (χ4v) is 2.54. The van der Waals surface area contributed by atoms with Gasteiger partial charge >= 0.3 is 0 Å². The average molecular weight is 385 g/mol. The SMILES string of the molecule is COc1ccc(Nc2cc(C(=O)Nc3ccccc3Cl)ncn2)cc1OC. The van der Waals surface area contributed by atoms with Gasteiger partial charge in [0.25, 0.3) is 5.91 Å². The molecule has 0 saturated heterocycles. The van der Waals surface area contributed by atoms with E-state index in [4.69, 9.17) is 21.1 Å². The zero-order valence-corrected chi connectivity index (χ0v) is 15.4. The Morgan fingerprint density at radius 3 is 2.52 bits per heavy atom. The molecule has 7 nitrogen and oxygen atoms in total. The van der Waals surface area contributed by atoms with Crippen LogP contribution >= 0.6 is 11.6 Å². The Bertz CT molecular complexity index is 965. The Morgan fingerprint density at radius 1 is 1.00 bits per heavy atom. The van der Waals surface area contributed by atoms with Crippen molar-refractivity contribution >= 4 is 34.7 Å². The molecule has 2 aromatic carbocycles. The van der Waals surface area contributed by atoms with E-state index in [0.29, 0.717) is 28.0 Å². The monoisotopic (exact) mass is 384 g/mol. The Balaban J connectivity index is 1.77. The number of para-hydroxylation sites is 1. The Kier molecular flexibility index (Phi) is 5.73. The maximum absolute atomic E-state index is 12.4. The lowest BCUT2D eigenvalue weighted by molar-refractivity contribution is 0.102. The van der Waals surface area contributed by atoms with Crippen molar-refractivity contribution in [3.8, 4) is 11.5 Å². The molecule has 1 amide bonds. The van der Waals surface area contributed by atoms with E-state index in [1.165, 1.54) is 6.33 Å². The summed E-state index contributed by atoms with van der Waals surface area (Å²) in [5, 5.41) is 6.28. The average Bonchev–Trinajstić information content (AvgIpc) is 2.69. The minimum atomic E-state index is -0.388. The van der Waals surface area contributed by atoms with Crippen molar-refractivity contribution in [1.82, 2.24) is 9.97 Å². The number of ether oxygens (including phenoxy) is 2. The lowest BCUT2D eigenvalue weighted by Crippen LogP contribution is -2.14. The highest BCUT2D eigenvalue weighted by Gasteiger charge is 2.12. The van der Waals surface area contributed by atoms with Gasteiger partial charge in [-0.1, -0.05) is 23.7 Å². The molecular formula is C19H17ClN4O3. The number of hydrogen-bond acceptors (Lipinski definition) is 6. The highest BCUT2D eigenvalue weighted by Crippen LogP contribution is 2.30. The van der Waals surface area contributed by atoms with Crippen molar-refractivity contribution in [2.45, 2.75) is 0 Å². The smallest absolute Gasteiger partial charge is 0.274 e. The number of anilines is 3. The Hall–Kier alpha value is -3.32. The van der Waals surface area contributed by atoms with Crippen molar-refractivity contribution in [1.29, 1.82) is 0 Å². The number of benzene rings is 2. The lowest BCUT2D eigenvalue weighted by atomic mass is 10.2. The number of carbonyl (C=O) groups excluding carboxylic acids is 1. The molecule has 3 rings (SSSR count). The van der Waals surface area contributed by atoms with Gasteiger partial charge in [-0.15, -0.1) is 0 Å². The molecule has 138 valence electrons. The highest BCUT2D eigenvalue weighted by molar-refractivity contribution is 6.33. The summed E-state index contributed by atoms with van der Waals surface area (Å²) in [6.45, 7) is 0. The first kappa shape index (κ1) is 18.5. The summed E-state index contributed by atoms with van der Waals surface area (Å²) in [4.78, 5) is 20.6. The molecule has 0 aliphatic heterocycles. The number of methoxy groups -OCH3 is 2. The maximum atomic E-state index is 12.4. The minimum absolute atomic E-state index is 0.202. The van der Waals surface area contributed by atoms with Gasteiger partial charge < -0.3 is 20.1 Å². The van der Waals surface area contributed by atoms with Crippen LogP contribution in [0.1, 0.15) is 10.5 Å². The third-order valence-corrected chi connectivity index (χ3v) is 4.01. The molecule has 1 heterocycles. The van der Waals surface area contributed by atoms with E-state index >= 15 is 0 Å². The highest BCUT2D eigenvalue weighted by atomic mass is 35.5. The van der Waals surface area contributed by atoms with Crippen molar-refractivity contribution in [3.05, 3.63) is 65.6 Å². The van der Waals surface area contributed by atoms with Gasteiger partial charge in [0, 0.05) is 17.8 Å². The molecule has 0 aliphatic rings. The second-order valence-corrected chi connectivity index (χ2v) is 5.82. The number of aromatic nitrogens is 2. The topological polar surface area (TPSA) is 85.4 Å². The molecule has 27 heavy (non-hydrogen) atoms. The first-order valence-electron chi connectivity index (χ1n) is 7.97. The zero-order chi connectivity index (χ0) is 19.2. The summed E-state index contributed by atoms with van der Waals surface area (Å²) in [6.07, 6.45) is 1.31. The molecule has 0 radical (unpaired) electrons. The van der Waals surface area contributed by atoms with E-state index in [9.17, 15) is 4.79 Å². The Morgan fingerprint density at radius 2 is 1.78 bits per heavy atom. The van der Waals surface area contributed by atoms with Crippen LogP contribution in [-0.4, -0.2) is 30.1 Å². The van der Waals surface area contributed by atoms with Gasteiger partial charge in [0.1, 0.15) is 17.8 Å². The molecule has 0 aliphatic carbocycles. The number of nitrogens with one attached hydrogen (secondary N) is 2. The van der Waals surface area contributed by atoms with Gasteiger partial charge in [0.15, 0.2) is 11.5 Å². The van der Waals surface area contributed by atoms with Crippen LogP contribution in [0.5, 0.6) is 11.5 Å². The van der Waals surface area contributed by atoms with Crippen molar-refractivity contribution in [3.63, 3.8) is 0 Å². The summed E-state index contributed by atoms with van der Waals surface area (Å²) < 4.78 is 10.5. The van der Waals surface area contributed by atoms with E-state index in [1.807, 2.05) is 6.07 Å². The zero-order valence-electron chi connectivity index (χ0n) is 14.7. The van der Waals surface area contributed by atoms with Crippen LogP contribution in [0.3, 0.4) is 0 Å². The van der Waals surface area contributed by atoms with Gasteiger partial charge in [0.2, 0.25) is 0 Å². The van der Waals surface area contributed by atoms with Gasteiger partial charge in [-0.3, -0.25) is 4.79 Å². The molecular weight excluding hydrogens is 368 g/mol. The standard InChI is InChI=1S/C19H17ClN4O3/c1-26-16-8-7-12(9-17(16)27-2)23-18-10-15(21-11-22-18)19(25)24-14-6-4-3-5-13(14)20/h3-11H,1-2H3,(H,24,25)(H,21,22,23). The molecule has 0 saturated carbocycles. The van der Waals surface area contributed by atoms with Crippen LogP contribution < -0.4 is 20.1 Å². The van der Waals surface area contributed by atoms with E-state index in [0.717, 1.165) is 5.69 Å². The number of amides is 1. The van der Waals surface area contributed by atoms with Gasteiger partial charge in [0.05, 0.1) is 24.9 Å². The Labute approximate surface area is 161 Å². The fourth-order valence-electron chi connectivity index (χ4n) is 2.36. The van der Waals surface area contributed by atoms with Crippen molar-refractivity contribution in [2.24, 2.45) is 0 Å². The van der Waals surface area contributed by atoms with E-state index < -0.39 is 0 Å². The van der Waals surface area contributed by atoms with Crippen LogP contribution in [0.25, 0.3) is 0 Å². The van der Waals surface area contributed by atoms with Crippen LogP contribution in [-0.2, 0) is 0 Å². The fraction of sp³-hybridized carbons (Fsp3) is 0.105. The minimum Gasteiger partial charge on any atom is -0.493 e. The number of carbonyl (C=O) groups is 1. The maximum Gasteiger partial charge on any atom is 0.274 e. The number of rotatable bonds is 6. The molecule has 0 unspecified atom stereocenters. The predicted octanol–water partition coefficient (Wildman–Crippen LogP) is 4.14. The van der Waals surface area contributed by atoms with Crippen molar-refractivity contribution < 1.29 is 14.3 Å². The van der Waals surface area contributed by atoms with E-state index in [1.54, 1.807) is 56.7 Å². The van der Waals surface area contributed by atoms with Gasteiger partial charge in [-0.2, -0.15) is 0 Å². The van der Waals surface area contributed by atoms with Crippen LogP contribution in [0, 0.1) is 0 Å². The van der Waals surface area contributed by atoms with Crippen molar-refractivity contribution in [2.75, 3.05) is 24.9 Å². The summed E-state index contributed by atoms with van der Waals surface area (Å²) in [5.74, 6) is 1.26.